The van der Waals surface area contributed by atoms with Crippen LogP contribution < -0.4 is 10.2 Å². The van der Waals surface area contributed by atoms with E-state index in [1.807, 2.05) is 13.8 Å². The Balaban J connectivity index is 2.03. The lowest BCUT2D eigenvalue weighted by atomic mass is 10.0. The van der Waals surface area contributed by atoms with E-state index in [-0.39, 0.29) is 22.7 Å². The van der Waals surface area contributed by atoms with E-state index in [9.17, 15) is 22.8 Å². The van der Waals surface area contributed by atoms with Crippen molar-refractivity contribution in [3.8, 4) is 0 Å². The Kier molecular flexibility index (Phi) is 7.56. The first-order chi connectivity index (χ1) is 13.5. The van der Waals surface area contributed by atoms with Crippen LogP contribution in [0.4, 0.5) is 23.8 Å². The van der Waals surface area contributed by atoms with Crippen molar-refractivity contribution >= 4 is 29.4 Å². The van der Waals surface area contributed by atoms with Crippen LogP contribution in [0.2, 0.25) is 5.02 Å². The number of piperazine rings is 1. The second-order valence-corrected chi connectivity index (χ2v) is 7.56. The van der Waals surface area contributed by atoms with Crippen LogP contribution in [-0.2, 0) is 15.7 Å². The monoisotopic (exact) mass is 436 g/mol. The molecule has 2 heterocycles. The lowest BCUT2D eigenvalue weighted by Crippen LogP contribution is -2.55. The van der Waals surface area contributed by atoms with Crippen LogP contribution >= 0.6 is 11.6 Å². The number of carbonyl (C=O) groups is 2. The highest BCUT2D eigenvalue weighted by atomic mass is 35.5. The predicted octanol–water partition coefficient (Wildman–Crippen LogP) is 3.17. The summed E-state index contributed by atoms with van der Waals surface area (Å²) >= 11 is 6.00. The Labute approximate surface area is 172 Å². The van der Waals surface area contributed by atoms with Crippen molar-refractivity contribution in [3.63, 3.8) is 0 Å². The van der Waals surface area contributed by atoms with Gasteiger partial charge < -0.3 is 19.9 Å². The van der Waals surface area contributed by atoms with Crippen molar-refractivity contribution in [1.29, 1.82) is 0 Å². The molecule has 0 spiro atoms. The summed E-state index contributed by atoms with van der Waals surface area (Å²) in [5.74, 6) is 0.200. The summed E-state index contributed by atoms with van der Waals surface area (Å²) in [7, 11) is 1.23. The van der Waals surface area contributed by atoms with Crippen molar-refractivity contribution in [1.82, 2.24) is 15.2 Å². The standard InChI is InChI=1S/C18H24ClF3N4O3/c1-11(2)8-14(24-17(28)29-3)16(27)26-6-4-25(5-7-26)15-13(19)9-12(10-23-15)18(20,21)22/h9-11,14H,4-8H2,1-3H3,(H,24,28). The van der Waals surface area contributed by atoms with Gasteiger partial charge in [0.1, 0.15) is 11.9 Å². The van der Waals surface area contributed by atoms with Gasteiger partial charge in [-0.1, -0.05) is 25.4 Å². The lowest BCUT2D eigenvalue weighted by molar-refractivity contribution is -0.138. The fraction of sp³-hybridized carbons (Fsp3) is 0.611. The topological polar surface area (TPSA) is 74.8 Å². The van der Waals surface area contributed by atoms with Gasteiger partial charge >= 0.3 is 12.3 Å². The maximum absolute atomic E-state index is 12.8. The van der Waals surface area contributed by atoms with Crippen LogP contribution in [-0.4, -0.2) is 61.2 Å². The van der Waals surface area contributed by atoms with E-state index in [4.69, 9.17) is 11.6 Å². The first kappa shape index (κ1) is 23.1. The Hall–Kier alpha value is -2.23. The minimum atomic E-state index is -4.52. The maximum Gasteiger partial charge on any atom is 0.417 e. The molecule has 0 radical (unpaired) electrons. The van der Waals surface area contributed by atoms with Gasteiger partial charge in [0.2, 0.25) is 5.91 Å². The molecule has 29 heavy (non-hydrogen) atoms. The largest absolute Gasteiger partial charge is 0.453 e. The molecule has 1 aromatic rings. The number of methoxy groups -OCH3 is 1. The number of alkyl halides is 3. The van der Waals surface area contributed by atoms with Crippen molar-refractivity contribution in [2.24, 2.45) is 5.92 Å². The maximum atomic E-state index is 12.8. The smallest absolute Gasteiger partial charge is 0.417 e. The molecular formula is C18H24ClF3N4O3. The molecule has 2 amide bonds. The van der Waals surface area contributed by atoms with Crippen LogP contribution in [0.3, 0.4) is 0 Å². The van der Waals surface area contributed by atoms with Crippen LogP contribution in [0.25, 0.3) is 0 Å². The van der Waals surface area contributed by atoms with Crippen molar-refractivity contribution < 1.29 is 27.5 Å². The van der Waals surface area contributed by atoms with Crippen LogP contribution in [0.1, 0.15) is 25.8 Å². The number of rotatable bonds is 5. The number of pyridine rings is 1. The number of nitrogens with one attached hydrogen (secondary N) is 1. The van der Waals surface area contributed by atoms with E-state index in [1.165, 1.54) is 7.11 Å². The molecule has 7 nitrogen and oxygen atoms in total. The number of anilines is 1. The summed E-state index contributed by atoms with van der Waals surface area (Å²) in [4.78, 5) is 31.6. The molecule has 0 aliphatic carbocycles. The quantitative estimate of drug-likeness (QED) is 0.767. The molecule has 11 heteroatoms. The summed E-state index contributed by atoms with van der Waals surface area (Å²) in [5, 5.41) is 2.47. The Morgan fingerprint density at radius 3 is 2.38 bits per heavy atom. The van der Waals surface area contributed by atoms with E-state index in [0.717, 1.165) is 12.3 Å². The molecule has 1 unspecified atom stereocenters. The molecule has 1 aliphatic rings. The summed E-state index contributed by atoms with van der Waals surface area (Å²) in [6.07, 6.45) is -3.99. The normalized spacial score (nSPS) is 16.0. The highest BCUT2D eigenvalue weighted by molar-refractivity contribution is 6.33. The number of nitrogens with zero attached hydrogens (tertiary/aromatic N) is 3. The number of hydrogen-bond donors (Lipinski definition) is 1. The average molecular weight is 437 g/mol. The Morgan fingerprint density at radius 2 is 1.90 bits per heavy atom. The zero-order valence-corrected chi connectivity index (χ0v) is 17.2. The van der Waals surface area contributed by atoms with Gasteiger partial charge in [-0.3, -0.25) is 4.79 Å². The van der Waals surface area contributed by atoms with Gasteiger partial charge in [-0.25, -0.2) is 9.78 Å². The summed E-state index contributed by atoms with van der Waals surface area (Å²) in [5.41, 5.74) is -0.912. The molecule has 0 bridgehead atoms. The van der Waals surface area contributed by atoms with Gasteiger partial charge in [-0.15, -0.1) is 0 Å². The second-order valence-electron chi connectivity index (χ2n) is 7.16. The molecule has 0 saturated carbocycles. The number of ether oxygens (including phenoxy) is 1. The van der Waals surface area contributed by atoms with Crippen molar-refractivity contribution in [3.05, 3.63) is 22.8 Å². The SMILES string of the molecule is COC(=O)NC(CC(C)C)C(=O)N1CCN(c2ncc(C(F)(F)F)cc2Cl)CC1. The average Bonchev–Trinajstić information content (AvgIpc) is 2.65. The molecule has 1 aliphatic heterocycles. The third-order valence-electron chi connectivity index (χ3n) is 4.52. The molecule has 1 fully saturated rings. The van der Waals surface area contributed by atoms with Crippen molar-refractivity contribution in [2.75, 3.05) is 38.2 Å². The van der Waals surface area contributed by atoms with Crippen LogP contribution in [0.5, 0.6) is 0 Å². The molecule has 1 aromatic heterocycles. The minimum absolute atomic E-state index is 0.0929. The predicted molar refractivity (Wildman–Crippen MR) is 102 cm³/mol. The third kappa shape index (κ3) is 6.12. The van der Waals surface area contributed by atoms with Gasteiger partial charge in [0, 0.05) is 32.4 Å². The Bertz CT molecular complexity index is 738. The van der Waals surface area contributed by atoms with E-state index in [0.29, 0.717) is 32.6 Å². The van der Waals surface area contributed by atoms with E-state index in [2.05, 4.69) is 15.0 Å². The molecule has 1 atom stereocenters. The summed E-state index contributed by atoms with van der Waals surface area (Å²) in [6, 6.07) is 0.141. The van der Waals surface area contributed by atoms with E-state index in [1.54, 1.807) is 9.80 Å². The van der Waals surface area contributed by atoms with Crippen LogP contribution in [0, 0.1) is 5.92 Å². The van der Waals surface area contributed by atoms with Crippen molar-refractivity contribution in [2.45, 2.75) is 32.5 Å². The van der Waals surface area contributed by atoms with Gasteiger partial charge in [0.15, 0.2) is 0 Å². The van der Waals surface area contributed by atoms with Gasteiger partial charge in [-0.2, -0.15) is 13.2 Å². The zero-order chi connectivity index (χ0) is 21.8. The number of hydrogen-bond acceptors (Lipinski definition) is 5. The van der Waals surface area contributed by atoms with Gasteiger partial charge in [0.25, 0.3) is 0 Å². The third-order valence-corrected chi connectivity index (χ3v) is 4.80. The number of halogens is 4. The van der Waals surface area contributed by atoms with E-state index >= 15 is 0 Å². The molecule has 1 saturated heterocycles. The molecule has 2 rings (SSSR count). The van der Waals surface area contributed by atoms with Crippen LogP contribution in [0.15, 0.2) is 12.3 Å². The fourth-order valence-electron chi connectivity index (χ4n) is 3.07. The van der Waals surface area contributed by atoms with Gasteiger partial charge in [-0.05, 0) is 18.4 Å². The Morgan fingerprint density at radius 1 is 1.28 bits per heavy atom. The molecule has 1 N–H and O–H groups in total. The number of aromatic nitrogens is 1. The number of amides is 2. The summed E-state index contributed by atoms with van der Waals surface area (Å²) < 4.78 is 42.9. The highest BCUT2D eigenvalue weighted by Crippen LogP contribution is 2.33. The molecule has 162 valence electrons. The number of alkyl carbamates (subject to hydrolysis) is 1. The first-order valence-electron chi connectivity index (χ1n) is 9.14. The molecule has 0 aromatic carbocycles. The lowest BCUT2D eigenvalue weighted by Gasteiger charge is -2.37. The fourth-order valence-corrected chi connectivity index (χ4v) is 3.36. The second kappa shape index (κ2) is 9.51. The minimum Gasteiger partial charge on any atom is -0.453 e. The first-order valence-corrected chi connectivity index (χ1v) is 9.51. The van der Waals surface area contributed by atoms with Gasteiger partial charge in [0.05, 0.1) is 17.7 Å². The highest BCUT2D eigenvalue weighted by Gasteiger charge is 2.33. The molecular weight excluding hydrogens is 413 g/mol. The number of carbonyl (C=O) groups excluding carboxylic acids is 2. The summed E-state index contributed by atoms with van der Waals surface area (Å²) in [6.45, 7) is 5.25. The van der Waals surface area contributed by atoms with E-state index < -0.39 is 23.9 Å². The zero-order valence-electron chi connectivity index (χ0n) is 16.4.